The number of rotatable bonds is 5. The van der Waals surface area contributed by atoms with Crippen molar-refractivity contribution in [1.82, 2.24) is 4.90 Å². The van der Waals surface area contributed by atoms with Crippen LogP contribution in [-0.4, -0.2) is 36.5 Å². The van der Waals surface area contributed by atoms with E-state index >= 15 is 0 Å². The number of ether oxygens (including phenoxy) is 1. The lowest BCUT2D eigenvalue weighted by Gasteiger charge is -2.16. The fourth-order valence-electron chi connectivity index (χ4n) is 2.87. The number of carbonyl (C=O) groups excluding carboxylic acids is 1. The van der Waals surface area contributed by atoms with Gasteiger partial charge >= 0.3 is 0 Å². The van der Waals surface area contributed by atoms with Gasteiger partial charge in [0.25, 0.3) is 0 Å². The number of benzene rings is 2. The molecule has 2 N–H and O–H groups in total. The quantitative estimate of drug-likeness (QED) is 0.924. The summed E-state index contributed by atoms with van der Waals surface area (Å²) in [5, 5.41) is 0. The molecular formula is C19H22N2O2. The van der Waals surface area contributed by atoms with E-state index in [0.29, 0.717) is 19.6 Å². The summed E-state index contributed by atoms with van der Waals surface area (Å²) < 4.78 is 5.87. The molecule has 0 aromatic heterocycles. The standard InChI is InChI=1S/C19H22N2O2/c20-16-10-12-21(14-16)19(22)11-13-23-18-9-5-4-8-17(18)15-6-2-1-3-7-15/h1-9,16H,10-14,20H2/t16-/m0/s1. The molecule has 1 fully saturated rings. The summed E-state index contributed by atoms with van der Waals surface area (Å²) in [6.45, 7) is 1.81. The van der Waals surface area contributed by atoms with Crippen LogP contribution in [0.3, 0.4) is 0 Å². The molecule has 2 aromatic carbocycles. The summed E-state index contributed by atoms with van der Waals surface area (Å²) in [5.74, 6) is 0.930. The number of nitrogens with zero attached hydrogens (tertiary/aromatic N) is 1. The highest BCUT2D eigenvalue weighted by atomic mass is 16.5. The smallest absolute Gasteiger partial charge is 0.226 e. The summed E-state index contributed by atoms with van der Waals surface area (Å²) in [6.07, 6.45) is 1.28. The van der Waals surface area contributed by atoms with E-state index in [2.05, 4.69) is 12.1 Å². The van der Waals surface area contributed by atoms with Gasteiger partial charge in [0.2, 0.25) is 5.91 Å². The van der Waals surface area contributed by atoms with E-state index in [9.17, 15) is 4.79 Å². The molecule has 4 heteroatoms. The topological polar surface area (TPSA) is 55.6 Å². The zero-order chi connectivity index (χ0) is 16.1. The Morgan fingerprint density at radius 2 is 1.87 bits per heavy atom. The van der Waals surface area contributed by atoms with Crippen molar-refractivity contribution in [3.8, 4) is 16.9 Å². The number of hydrogen-bond acceptors (Lipinski definition) is 3. The van der Waals surface area contributed by atoms with Crippen molar-refractivity contribution in [2.24, 2.45) is 5.73 Å². The minimum Gasteiger partial charge on any atom is -0.492 e. The Labute approximate surface area is 136 Å². The minimum atomic E-state index is 0.121. The minimum absolute atomic E-state index is 0.121. The highest BCUT2D eigenvalue weighted by Crippen LogP contribution is 2.29. The molecule has 1 aliphatic rings. The molecular weight excluding hydrogens is 288 g/mol. The lowest BCUT2D eigenvalue weighted by Crippen LogP contribution is -2.32. The summed E-state index contributed by atoms with van der Waals surface area (Å²) in [4.78, 5) is 14.0. The van der Waals surface area contributed by atoms with Gasteiger partial charge in [-0.15, -0.1) is 0 Å². The first-order chi connectivity index (χ1) is 11.2. The summed E-state index contributed by atoms with van der Waals surface area (Å²) in [5.41, 5.74) is 8.00. The monoisotopic (exact) mass is 310 g/mol. The second-order valence-electron chi connectivity index (χ2n) is 5.85. The molecule has 0 aliphatic carbocycles. The van der Waals surface area contributed by atoms with Crippen molar-refractivity contribution in [2.75, 3.05) is 19.7 Å². The lowest BCUT2D eigenvalue weighted by atomic mass is 10.1. The van der Waals surface area contributed by atoms with E-state index in [-0.39, 0.29) is 11.9 Å². The van der Waals surface area contributed by atoms with Crippen molar-refractivity contribution in [1.29, 1.82) is 0 Å². The van der Waals surface area contributed by atoms with E-state index in [0.717, 1.165) is 29.8 Å². The van der Waals surface area contributed by atoms with E-state index in [4.69, 9.17) is 10.5 Å². The van der Waals surface area contributed by atoms with E-state index in [1.54, 1.807) is 0 Å². The van der Waals surface area contributed by atoms with Crippen molar-refractivity contribution in [3.05, 3.63) is 54.6 Å². The summed E-state index contributed by atoms with van der Waals surface area (Å²) >= 11 is 0. The van der Waals surface area contributed by atoms with Gasteiger partial charge in [-0.05, 0) is 18.1 Å². The van der Waals surface area contributed by atoms with Gasteiger partial charge in [-0.3, -0.25) is 4.79 Å². The van der Waals surface area contributed by atoms with Crippen molar-refractivity contribution < 1.29 is 9.53 Å². The largest absolute Gasteiger partial charge is 0.492 e. The molecule has 1 amide bonds. The van der Waals surface area contributed by atoms with Crippen LogP contribution in [0, 0.1) is 0 Å². The molecule has 0 bridgehead atoms. The number of likely N-dealkylation sites (tertiary alicyclic amines) is 1. The van der Waals surface area contributed by atoms with Gasteiger partial charge in [-0.1, -0.05) is 48.5 Å². The average Bonchev–Trinajstić information content (AvgIpc) is 3.03. The third kappa shape index (κ3) is 3.90. The molecule has 1 atom stereocenters. The fourth-order valence-corrected chi connectivity index (χ4v) is 2.87. The number of amides is 1. The Balaban J connectivity index is 1.60. The Morgan fingerprint density at radius 1 is 1.13 bits per heavy atom. The zero-order valence-corrected chi connectivity index (χ0v) is 13.2. The molecule has 1 aliphatic heterocycles. The van der Waals surface area contributed by atoms with Gasteiger partial charge in [0, 0.05) is 24.7 Å². The van der Waals surface area contributed by atoms with Gasteiger partial charge in [0.05, 0.1) is 13.0 Å². The Hall–Kier alpha value is -2.33. The molecule has 0 radical (unpaired) electrons. The average molecular weight is 310 g/mol. The Bertz CT molecular complexity index is 657. The summed E-state index contributed by atoms with van der Waals surface area (Å²) in [6, 6.07) is 18.2. The second kappa shape index (κ2) is 7.29. The SMILES string of the molecule is N[C@H]1CCN(C(=O)CCOc2ccccc2-c2ccccc2)C1. The van der Waals surface area contributed by atoms with Crippen LogP contribution in [0.25, 0.3) is 11.1 Å². The van der Waals surface area contributed by atoms with Crippen LogP contribution in [0.1, 0.15) is 12.8 Å². The van der Waals surface area contributed by atoms with Crippen molar-refractivity contribution in [2.45, 2.75) is 18.9 Å². The second-order valence-corrected chi connectivity index (χ2v) is 5.85. The first kappa shape index (κ1) is 15.6. The third-order valence-electron chi connectivity index (χ3n) is 4.12. The van der Waals surface area contributed by atoms with Crippen LogP contribution >= 0.6 is 0 Å². The first-order valence-corrected chi connectivity index (χ1v) is 8.04. The molecule has 3 rings (SSSR count). The van der Waals surface area contributed by atoms with Crippen LogP contribution in [-0.2, 0) is 4.79 Å². The molecule has 2 aromatic rings. The fraction of sp³-hybridized carbons (Fsp3) is 0.316. The molecule has 0 unspecified atom stereocenters. The van der Waals surface area contributed by atoms with E-state index in [1.165, 1.54) is 0 Å². The van der Waals surface area contributed by atoms with E-state index in [1.807, 2.05) is 47.4 Å². The molecule has 23 heavy (non-hydrogen) atoms. The van der Waals surface area contributed by atoms with Gasteiger partial charge in [0.15, 0.2) is 0 Å². The van der Waals surface area contributed by atoms with Crippen molar-refractivity contribution in [3.63, 3.8) is 0 Å². The number of nitrogens with two attached hydrogens (primary N) is 1. The Morgan fingerprint density at radius 3 is 2.61 bits per heavy atom. The van der Waals surface area contributed by atoms with Crippen LogP contribution in [0.15, 0.2) is 54.6 Å². The van der Waals surface area contributed by atoms with Crippen LogP contribution < -0.4 is 10.5 Å². The third-order valence-corrected chi connectivity index (χ3v) is 4.12. The van der Waals surface area contributed by atoms with Gasteiger partial charge in [-0.25, -0.2) is 0 Å². The van der Waals surface area contributed by atoms with E-state index < -0.39 is 0 Å². The van der Waals surface area contributed by atoms with Gasteiger partial charge in [0.1, 0.15) is 5.75 Å². The predicted octanol–water partition coefficient (Wildman–Crippen LogP) is 2.68. The van der Waals surface area contributed by atoms with Crippen LogP contribution in [0.2, 0.25) is 0 Å². The highest BCUT2D eigenvalue weighted by molar-refractivity contribution is 5.76. The van der Waals surface area contributed by atoms with Crippen LogP contribution in [0.5, 0.6) is 5.75 Å². The number of hydrogen-bond donors (Lipinski definition) is 1. The van der Waals surface area contributed by atoms with Gasteiger partial charge < -0.3 is 15.4 Å². The molecule has 0 saturated carbocycles. The molecule has 1 saturated heterocycles. The molecule has 4 nitrogen and oxygen atoms in total. The maximum atomic E-state index is 12.1. The maximum Gasteiger partial charge on any atom is 0.226 e. The first-order valence-electron chi connectivity index (χ1n) is 8.04. The highest BCUT2D eigenvalue weighted by Gasteiger charge is 2.23. The molecule has 120 valence electrons. The van der Waals surface area contributed by atoms with Crippen molar-refractivity contribution >= 4 is 5.91 Å². The molecule has 1 heterocycles. The zero-order valence-electron chi connectivity index (χ0n) is 13.2. The number of para-hydroxylation sites is 1. The lowest BCUT2D eigenvalue weighted by molar-refractivity contribution is -0.130. The summed E-state index contributed by atoms with van der Waals surface area (Å²) in [7, 11) is 0. The Kier molecular flexibility index (Phi) is 4.93. The van der Waals surface area contributed by atoms with Crippen LogP contribution in [0.4, 0.5) is 0 Å². The van der Waals surface area contributed by atoms with Gasteiger partial charge in [-0.2, -0.15) is 0 Å². The normalized spacial score (nSPS) is 17.3. The molecule has 0 spiro atoms. The predicted molar refractivity (Wildman–Crippen MR) is 91.2 cm³/mol. The maximum absolute atomic E-state index is 12.1. The number of carbonyl (C=O) groups is 1.